The van der Waals surface area contributed by atoms with Gasteiger partial charge in [-0.1, -0.05) is 81.4 Å². The normalized spacial score (nSPS) is 13.4. The average molecular weight is 816 g/mol. The molecule has 0 radical (unpaired) electrons. The Bertz CT molecular complexity index is 2450. The molecule has 10 heteroatoms. The van der Waals surface area contributed by atoms with Crippen molar-refractivity contribution in [2.24, 2.45) is 5.73 Å². The third-order valence-corrected chi connectivity index (χ3v) is 11.1. The van der Waals surface area contributed by atoms with Crippen LogP contribution in [-0.4, -0.2) is 51.7 Å². The smallest absolute Gasteiger partial charge is 0.335 e. The van der Waals surface area contributed by atoms with E-state index in [0.29, 0.717) is 19.3 Å². The summed E-state index contributed by atoms with van der Waals surface area (Å²) in [5.74, 6) is -0.326. The number of amides is 2. The standard InChI is InChI=1S/C26H26N2O2.C18H17NO3.C7H10N2/c1-3-26(30)28-14-12-22-16-21(10-11-24(22)28)19-6-8-20(9-7-19)25(29)15-18(2)23-5-4-13-27-17-23;1-2-17(20)19-10-9-15-11-14(7-8-16(15)19)12-3-5-13(6-4-12)18(21)22;1-6(8)7-3-2-4-9-5-7/h4-11,13,16-18H,3,12,14-15H2,1-2H3;3-8,11H,2,9-10H2,1H3,(H,21,22);2-6H,8H2,1H3. The molecule has 4 aromatic carbocycles. The number of carboxylic acid groups (broad SMARTS) is 1. The Morgan fingerprint density at radius 2 is 1.07 bits per heavy atom. The van der Waals surface area contributed by atoms with Crippen molar-refractivity contribution in [2.45, 2.75) is 71.8 Å². The first-order chi connectivity index (χ1) is 29.5. The summed E-state index contributed by atoms with van der Waals surface area (Å²) in [6, 6.07) is 34.9. The van der Waals surface area contributed by atoms with Crippen molar-refractivity contribution >= 4 is 34.9 Å². The minimum absolute atomic E-state index is 0.0960. The van der Waals surface area contributed by atoms with Crippen molar-refractivity contribution in [3.05, 3.63) is 167 Å². The van der Waals surface area contributed by atoms with E-state index in [1.54, 1.807) is 30.7 Å². The molecule has 2 aliphatic rings. The van der Waals surface area contributed by atoms with Crippen LogP contribution in [-0.2, 0) is 22.4 Å². The van der Waals surface area contributed by atoms with Crippen molar-refractivity contribution in [3.63, 3.8) is 0 Å². The number of anilines is 2. The summed E-state index contributed by atoms with van der Waals surface area (Å²) in [6.07, 6.45) is 10.3. The Hall–Kier alpha value is -6.78. The molecular weight excluding hydrogens is 763 g/mol. The molecule has 312 valence electrons. The Morgan fingerprint density at radius 1 is 0.623 bits per heavy atom. The number of carboxylic acids is 1. The molecule has 10 nitrogen and oxygen atoms in total. The number of fused-ring (bicyclic) bond motifs is 2. The number of aromatic carboxylic acids is 1. The van der Waals surface area contributed by atoms with Gasteiger partial charge in [0, 0.05) is 80.1 Å². The summed E-state index contributed by atoms with van der Waals surface area (Å²) >= 11 is 0. The van der Waals surface area contributed by atoms with E-state index < -0.39 is 5.97 Å². The van der Waals surface area contributed by atoms with E-state index in [2.05, 4.69) is 35.1 Å². The highest BCUT2D eigenvalue weighted by molar-refractivity contribution is 5.98. The Labute approximate surface area is 358 Å². The van der Waals surface area contributed by atoms with Gasteiger partial charge in [-0.05, 0) is 119 Å². The average Bonchev–Trinajstić information content (AvgIpc) is 3.94. The molecule has 0 bridgehead atoms. The van der Waals surface area contributed by atoms with E-state index in [4.69, 9.17) is 10.8 Å². The minimum Gasteiger partial charge on any atom is -0.478 e. The fourth-order valence-electron chi connectivity index (χ4n) is 7.54. The molecule has 2 amide bonds. The molecule has 8 rings (SSSR count). The van der Waals surface area contributed by atoms with E-state index in [-0.39, 0.29) is 35.1 Å². The SMILES string of the molecule is CC(N)c1cccnc1.CCC(=O)N1CCc2cc(-c3ccc(C(=O)CC(C)c4cccnc4)cc3)ccc21.CCC(=O)N1CCc2cc(-c3ccc(C(=O)O)cc3)ccc21. The van der Waals surface area contributed by atoms with E-state index in [0.717, 1.165) is 76.3 Å². The van der Waals surface area contributed by atoms with Crippen LogP contribution in [0.4, 0.5) is 11.4 Å². The van der Waals surface area contributed by atoms with Gasteiger partial charge in [-0.25, -0.2) is 4.79 Å². The summed E-state index contributed by atoms with van der Waals surface area (Å²) in [5.41, 5.74) is 17.4. The van der Waals surface area contributed by atoms with Gasteiger partial charge in [0.25, 0.3) is 0 Å². The number of hydrogen-bond acceptors (Lipinski definition) is 7. The number of carbonyl (C=O) groups excluding carboxylic acids is 3. The summed E-state index contributed by atoms with van der Waals surface area (Å²) in [7, 11) is 0. The van der Waals surface area contributed by atoms with Crippen LogP contribution >= 0.6 is 0 Å². The number of nitrogens with two attached hydrogens (primary N) is 1. The topological polar surface area (TPSA) is 147 Å². The van der Waals surface area contributed by atoms with Gasteiger partial charge in [-0.3, -0.25) is 24.4 Å². The highest BCUT2D eigenvalue weighted by Gasteiger charge is 2.25. The van der Waals surface area contributed by atoms with Gasteiger partial charge in [-0.2, -0.15) is 0 Å². The number of benzene rings is 4. The summed E-state index contributed by atoms with van der Waals surface area (Å²) in [4.78, 5) is 59.4. The van der Waals surface area contributed by atoms with E-state index in [1.165, 1.54) is 11.1 Å². The molecule has 3 N–H and O–H groups in total. The second-order valence-electron chi connectivity index (χ2n) is 15.3. The number of carbonyl (C=O) groups is 4. The molecule has 2 aromatic heterocycles. The van der Waals surface area contributed by atoms with Crippen LogP contribution in [0.5, 0.6) is 0 Å². The van der Waals surface area contributed by atoms with Crippen LogP contribution in [0.15, 0.2) is 134 Å². The molecule has 61 heavy (non-hydrogen) atoms. The summed E-state index contributed by atoms with van der Waals surface area (Å²) in [5, 5.41) is 8.94. The highest BCUT2D eigenvalue weighted by atomic mass is 16.4. The number of ketones is 1. The van der Waals surface area contributed by atoms with Crippen LogP contribution in [0.25, 0.3) is 22.3 Å². The van der Waals surface area contributed by atoms with Gasteiger partial charge in [0.1, 0.15) is 0 Å². The number of rotatable bonds is 10. The third-order valence-electron chi connectivity index (χ3n) is 11.1. The van der Waals surface area contributed by atoms with Crippen molar-refractivity contribution in [3.8, 4) is 22.3 Å². The largest absolute Gasteiger partial charge is 0.478 e. The third kappa shape index (κ3) is 10.9. The lowest BCUT2D eigenvalue weighted by molar-refractivity contribution is -0.119. The first-order valence-corrected chi connectivity index (χ1v) is 20.9. The second kappa shape index (κ2) is 20.5. The lowest BCUT2D eigenvalue weighted by Crippen LogP contribution is -2.27. The first kappa shape index (κ1) is 43.8. The zero-order valence-corrected chi connectivity index (χ0v) is 35.3. The van der Waals surface area contributed by atoms with Gasteiger partial charge in [0.2, 0.25) is 11.8 Å². The predicted octanol–water partition coefficient (Wildman–Crippen LogP) is 9.88. The van der Waals surface area contributed by atoms with Crippen LogP contribution < -0.4 is 15.5 Å². The predicted molar refractivity (Wildman–Crippen MR) is 242 cm³/mol. The Kier molecular flexibility index (Phi) is 14.7. The first-order valence-electron chi connectivity index (χ1n) is 20.9. The maximum absolute atomic E-state index is 12.7. The van der Waals surface area contributed by atoms with Gasteiger partial charge in [-0.15, -0.1) is 0 Å². The van der Waals surface area contributed by atoms with E-state index >= 15 is 0 Å². The number of pyridine rings is 2. The molecule has 2 unspecified atom stereocenters. The molecule has 2 atom stereocenters. The van der Waals surface area contributed by atoms with Crippen LogP contribution in [0.2, 0.25) is 0 Å². The molecule has 6 aromatic rings. The van der Waals surface area contributed by atoms with Gasteiger partial charge >= 0.3 is 5.97 Å². The zero-order chi connectivity index (χ0) is 43.5. The van der Waals surface area contributed by atoms with Crippen molar-refractivity contribution in [1.82, 2.24) is 9.97 Å². The Morgan fingerprint density at radius 3 is 1.46 bits per heavy atom. The van der Waals surface area contributed by atoms with E-state index in [9.17, 15) is 19.2 Å². The molecule has 0 fully saturated rings. The number of aromatic nitrogens is 2. The molecule has 0 aliphatic carbocycles. The van der Waals surface area contributed by atoms with E-state index in [1.807, 2.05) is 116 Å². The molecule has 2 aliphatic heterocycles. The van der Waals surface area contributed by atoms with Crippen LogP contribution in [0, 0.1) is 0 Å². The summed E-state index contributed by atoms with van der Waals surface area (Å²) < 4.78 is 0. The van der Waals surface area contributed by atoms with Gasteiger partial charge in [0.15, 0.2) is 5.78 Å². The molecule has 0 saturated heterocycles. The number of Topliss-reactive ketones (excluding diaryl/α,β-unsaturated/α-hetero) is 1. The number of nitrogens with zero attached hydrogens (tertiary/aromatic N) is 4. The Balaban J connectivity index is 0.000000175. The fourth-order valence-corrected chi connectivity index (χ4v) is 7.54. The van der Waals surface area contributed by atoms with Crippen LogP contribution in [0.1, 0.15) is 102 Å². The van der Waals surface area contributed by atoms with Crippen molar-refractivity contribution < 1.29 is 24.3 Å². The monoisotopic (exact) mass is 815 g/mol. The highest BCUT2D eigenvalue weighted by Crippen LogP contribution is 2.34. The lowest BCUT2D eigenvalue weighted by Gasteiger charge is -2.16. The molecule has 0 saturated carbocycles. The molecular formula is C51H53N5O5. The zero-order valence-electron chi connectivity index (χ0n) is 35.3. The van der Waals surface area contributed by atoms with Crippen LogP contribution in [0.3, 0.4) is 0 Å². The quantitative estimate of drug-likeness (QED) is 0.130. The van der Waals surface area contributed by atoms with Crippen molar-refractivity contribution in [1.29, 1.82) is 0 Å². The summed E-state index contributed by atoms with van der Waals surface area (Å²) in [6.45, 7) is 9.27. The van der Waals surface area contributed by atoms with Gasteiger partial charge in [0.05, 0.1) is 5.56 Å². The molecule has 4 heterocycles. The van der Waals surface area contributed by atoms with Gasteiger partial charge < -0.3 is 20.6 Å². The fraction of sp³-hybridized carbons (Fsp3) is 0.255. The number of hydrogen-bond donors (Lipinski definition) is 2. The van der Waals surface area contributed by atoms with Crippen molar-refractivity contribution in [2.75, 3.05) is 22.9 Å². The second-order valence-corrected chi connectivity index (χ2v) is 15.3. The maximum atomic E-state index is 12.7. The molecule has 0 spiro atoms. The lowest BCUT2D eigenvalue weighted by atomic mass is 9.93. The maximum Gasteiger partial charge on any atom is 0.335 e. The minimum atomic E-state index is -0.922.